The van der Waals surface area contributed by atoms with Crippen molar-refractivity contribution in [3.05, 3.63) is 28.6 Å². The average Bonchev–Trinajstić information content (AvgIpc) is 2.72. The molecule has 2 N–H and O–H groups in total. The van der Waals surface area contributed by atoms with Crippen molar-refractivity contribution in [2.45, 2.75) is 52.0 Å². The lowest BCUT2D eigenvalue weighted by Crippen LogP contribution is -2.14. The highest BCUT2D eigenvalue weighted by Crippen LogP contribution is 2.29. The van der Waals surface area contributed by atoms with Gasteiger partial charge in [-0.2, -0.15) is 0 Å². The van der Waals surface area contributed by atoms with Gasteiger partial charge in [0.15, 0.2) is 11.5 Å². The summed E-state index contributed by atoms with van der Waals surface area (Å²) in [6.07, 6.45) is 3.17. The van der Waals surface area contributed by atoms with Crippen molar-refractivity contribution in [3.8, 4) is 0 Å². The van der Waals surface area contributed by atoms with Crippen LogP contribution in [-0.4, -0.2) is 11.0 Å². The third kappa shape index (κ3) is 3.48. The Morgan fingerprint density at radius 3 is 2.74 bits per heavy atom. The number of hydrogen-bond donors (Lipinski definition) is 1. The molecule has 1 aromatic heterocycles. The number of fused-ring (bicyclic) bond motifs is 1. The van der Waals surface area contributed by atoms with Gasteiger partial charge in [-0.3, -0.25) is 0 Å². The lowest BCUT2D eigenvalue weighted by molar-refractivity contribution is 0.451. The van der Waals surface area contributed by atoms with E-state index in [1.54, 1.807) is 0 Å². The van der Waals surface area contributed by atoms with Crippen LogP contribution in [0.1, 0.15) is 50.5 Å². The summed E-state index contributed by atoms with van der Waals surface area (Å²) in [4.78, 5) is 4.55. The zero-order chi connectivity index (χ0) is 14.0. The molecular weight excluding hydrogens is 260 g/mol. The van der Waals surface area contributed by atoms with Gasteiger partial charge in [-0.25, -0.2) is 4.98 Å². The topological polar surface area (TPSA) is 52.0 Å². The first kappa shape index (κ1) is 14.4. The monoisotopic (exact) mass is 280 g/mol. The van der Waals surface area contributed by atoms with Crippen LogP contribution in [0.3, 0.4) is 0 Å². The molecule has 0 saturated heterocycles. The molecule has 0 fully saturated rings. The van der Waals surface area contributed by atoms with E-state index in [1.165, 1.54) is 0 Å². The quantitative estimate of drug-likeness (QED) is 0.882. The van der Waals surface area contributed by atoms with Crippen LogP contribution in [0.25, 0.3) is 11.1 Å². The van der Waals surface area contributed by atoms with E-state index in [0.717, 1.165) is 41.8 Å². The zero-order valence-electron chi connectivity index (χ0n) is 11.7. The molecule has 1 aromatic carbocycles. The molecule has 0 saturated carbocycles. The van der Waals surface area contributed by atoms with Gasteiger partial charge in [-0.05, 0) is 44.4 Å². The van der Waals surface area contributed by atoms with Gasteiger partial charge in [-0.15, -0.1) is 0 Å². The van der Waals surface area contributed by atoms with Crippen LogP contribution in [0.2, 0.25) is 5.02 Å². The summed E-state index contributed by atoms with van der Waals surface area (Å²) in [5.74, 6) is 1.11. The van der Waals surface area contributed by atoms with Gasteiger partial charge in [0.25, 0.3) is 0 Å². The van der Waals surface area contributed by atoms with E-state index in [2.05, 4.69) is 11.9 Å². The van der Waals surface area contributed by atoms with Crippen LogP contribution in [0.4, 0.5) is 0 Å². The van der Waals surface area contributed by atoms with Crippen molar-refractivity contribution in [3.63, 3.8) is 0 Å². The maximum Gasteiger partial charge on any atom is 0.198 e. The molecule has 2 atom stereocenters. The number of nitrogens with two attached hydrogens (primary N) is 1. The Balaban J connectivity index is 2.14. The van der Waals surface area contributed by atoms with Gasteiger partial charge in [0.05, 0.1) is 0 Å². The van der Waals surface area contributed by atoms with Gasteiger partial charge < -0.3 is 10.2 Å². The van der Waals surface area contributed by atoms with E-state index >= 15 is 0 Å². The Kier molecular flexibility index (Phi) is 4.48. The van der Waals surface area contributed by atoms with E-state index in [9.17, 15) is 0 Å². The molecular formula is C15H21ClN2O. The average molecular weight is 281 g/mol. The standard InChI is InChI=1S/C15H21ClN2O/c1-9(5-4-6-11(3)17)15-18-13-8-12(16)7-10(2)14(13)19-15/h7-9,11H,4-6,17H2,1-3H3. The van der Waals surface area contributed by atoms with E-state index in [1.807, 2.05) is 26.0 Å². The smallest absolute Gasteiger partial charge is 0.198 e. The number of aryl methyl sites for hydroxylation is 1. The Hall–Kier alpha value is -1.06. The minimum absolute atomic E-state index is 0.261. The van der Waals surface area contributed by atoms with Gasteiger partial charge >= 0.3 is 0 Å². The first-order valence-corrected chi connectivity index (χ1v) is 7.17. The van der Waals surface area contributed by atoms with E-state index in [-0.39, 0.29) is 6.04 Å². The third-order valence-electron chi connectivity index (χ3n) is 3.38. The first-order valence-electron chi connectivity index (χ1n) is 6.79. The van der Waals surface area contributed by atoms with E-state index in [4.69, 9.17) is 21.8 Å². The summed E-state index contributed by atoms with van der Waals surface area (Å²) >= 11 is 6.04. The van der Waals surface area contributed by atoms with Crippen molar-refractivity contribution in [1.82, 2.24) is 4.98 Å². The molecule has 104 valence electrons. The molecule has 4 heteroatoms. The number of nitrogens with zero attached hydrogens (tertiary/aromatic N) is 1. The Labute approximate surface area is 119 Å². The molecule has 0 radical (unpaired) electrons. The fourth-order valence-electron chi connectivity index (χ4n) is 2.25. The first-order chi connectivity index (χ1) is 8.97. The van der Waals surface area contributed by atoms with Gasteiger partial charge in [-0.1, -0.05) is 24.9 Å². The molecule has 1 heterocycles. The van der Waals surface area contributed by atoms with Crippen LogP contribution in [0.5, 0.6) is 0 Å². The number of halogens is 1. The molecule has 19 heavy (non-hydrogen) atoms. The molecule has 0 amide bonds. The largest absolute Gasteiger partial charge is 0.440 e. The highest BCUT2D eigenvalue weighted by atomic mass is 35.5. The number of hydrogen-bond acceptors (Lipinski definition) is 3. The van der Waals surface area contributed by atoms with Gasteiger partial charge in [0.1, 0.15) is 5.52 Å². The molecule has 0 aliphatic heterocycles. The molecule has 2 rings (SSSR count). The molecule has 3 nitrogen and oxygen atoms in total. The third-order valence-corrected chi connectivity index (χ3v) is 3.59. The predicted molar refractivity (Wildman–Crippen MR) is 79.7 cm³/mol. The Morgan fingerprint density at radius 1 is 1.32 bits per heavy atom. The number of aromatic nitrogens is 1. The van der Waals surface area contributed by atoms with Crippen LogP contribution < -0.4 is 5.73 Å². The summed E-state index contributed by atoms with van der Waals surface area (Å²) < 4.78 is 5.87. The summed E-state index contributed by atoms with van der Waals surface area (Å²) in [7, 11) is 0. The normalized spacial score (nSPS) is 14.8. The molecule has 2 unspecified atom stereocenters. The summed E-state index contributed by atoms with van der Waals surface area (Å²) in [5.41, 5.74) is 8.49. The SMILES string of the molecule is Cc1cc(Cl)cc2nc(C(C)CCCC(C)N)oc12. The minimum atomic E-state index is 0.261. The van der Waals surface area contributed by atoms with Crippen molar-refractivity contribution < 1.29 is 4.42 Å². The lowest BCUT2D eigenvalue weighted by atomic mass is 10.0. The fourth-order valence-corrected chi connectivity index (χ4v) is 2.52. The number of benzene rings is 1. The van der Waals surface area contributed by atoms with Crippen LogP contribution in [-0.2, 0) is 0 Å². The molecule has 2 aromatic rings. The highest BCUT2D eigenvalue weighted by molar-refractivity contribution is 6.31. The van der Waals surface area contributed by atoms with E-state index < -0.39 is 0 Å². The summed E-state index contributed by atoms with van der Waals surface area (Å²) in [5, 5.41) is 0.703. The maximum atomic E-state index is 6.04. The minimum Gasteiger partial charge on any atom is -0.440 e. The zero-order valence-corrected chi connectivity index (χ0v) is 12.5. The second kappa shape index (κ2) is 5.93. The van der Waals surface area contributed by atoms with Gasteiger partial charge in [0, 0.05) is 17.0 Å². The predicted octanol–water partition coefficient (Wildman–Crippen LogP) is 4.41. The number of oxazole rings is 1. The van der Waals surface area contributed by atoms with Gasteiger partial charge in [0.2, 0.25) is 0 Å². The molecule has 0 aliphatic rings. The maximum absolute atomic E-state index is 6.04. The van der Waals surface area contributed by atoms with E-state index in [0.29, 0.717) is 10.9 Å². The van der Waals surface area contributed by atoms with Crippen molar-refractivity contribution in [2.24, 2.45) is 5.73 Å². The van der Waals surface area contributed by atoms with Crippen molar-refractivity contribution >= 4 is 22.7 Å². The van der Waals surface area contributed by atoms with Crippen LogP contribution in [0.15, 0.2) is 16.5 Å². The second-order valence-electron chi connectivity index (χ2n) is 5.43. The summed E-state index contributed by atoms with van der Waals surface area (Å²) in [6, 6.07) is 4.02. The van der Waals surface area contributed by atoms with Crippen LogP contribution >= 0.6 is 11.6 Å². The Bertz CT molecular complexity index is 563. The Morgan fingerprint density at radius 2 is 2.05 bits per heavy atom. The van der Waals surface area contributed by atoms with Crippen molar-refractivity contribution in [1.29, 1.82) is 0 Å². The van der Waals surface area contributed by atoms with Crippen molar-refractivity contribution in [2.75, 3.05) is 0 Å². The molecule has 0 aliphatic carbocycles. The molecule has 0 bridgehead atoms. The summed E-state index contributed by atoms with van der Waals surface area (Å²) in [6.45, 7) is 6.17. The number of rotatable bonds is 5. The fraction of sp³-hybridized carbons (Fsp3) is 0.533. The lowest BCUT2D eigenvalue weighted by Gasteiger charge is -2.08. The van der Waals surface area contributed by atoms with Crippen LogP contribution in [0, 0.1) is 6.92 Å². The second-order valence-corrected chi connectivity index (χ2v) is 5.87. The highest BCUT2D eigenvalue weighted by Gasteiger charge is 2.15. The molecule has 0 spiro atoms.